The molecule has 18 heavy (non-hydrogen) atoms. The summed E-state index contributed by atoms with van der Waals surface area (Å²) in [6.45, 7) is 6.36. The van der Waals surface area contributed by atoms with Crippen molar-refractivity contribution in [3.05, 3.63) is 0 Å². The molecule has 0 unspecified atom stereocenters. The second-order valence-corrected chi connectivity index (χ2v) is 6.95. The molecule has 0 atom stereocenters. The molecule has 3 N–H and O–H groups in total. The molecule has 1 aliphatic heterocycles. The van der Waals surface area contributed by atoms with Crippen molar-refractivity contribution in [2.75, 3.05) is 26.2 Å². The summed E-state index contributed by atoms with van der Waals surface area (Å²) in [5, 5.41) is 0. The van der Waals surface area contributed by atoms with Gasteiger partial charge in [0.15, 0.2) is 0 Å². The number of piperidine rings is 1. The predicted octanol–water partition coefficient (Wildman–Crippen LogP) is 1.07. The van der Waals surface area contributed by atoms with E-state index in [9.17, 15) is 8.42 Å². The number of nitrogens with two attached hydrogens (primary N) is 1. The van der Waals surface area contributed by atoms with Crippen molar-refractivity contribution in [3.63, 3.8) is 0 Å². The Bertz CT molecular complexity index is 325. The van der Waals surface area contributed by atoms with Gasteiger partial charge in [-0.05, 0) is 37.6 Å². The molecule has 1 heterocycles. The lowest BCUT2D eigenvalue weighted by Gasteiger charge is -2.32. The van der Waals surface area contributed by atoms with E-state index in [-0.39, 0.29) is 5.41 Å². The van der Waals surface area contributed by atoms with Crippen LogP contribution in [-0.2, 0) is 10.2 Å². The molecule has 5 nitrogen and oxygen atoms in total. The highest BCUT2D eigenvalue weighted by Gasteiger charge is 2.29. The summed E-state index contributed by atoms with van der Waals surface area (Å²) in [5.74, 6) is 0. The van der Waals surface area contributed by atoms with Gasteiger partial charge in [0.1, 0.15) is 0 Å². The van der Waals surface area contributed by atoms with E-state index in [1.54, 1.807) is 4.31 Å². The summed E-state index contributed by atoms with van der Waals surface area (Å²) in [4.78, 5) is 0. The zero-order valence-corrected chi connectivity index (χ0v) is 12.4. The summed E-state index contributed by atoms with van der Waals surface area (Å²) in [7, 11) is -3.32. The molecule has 1 saturated heterocycles. The summed E-state index contributed by atoms with van der Waals surface area (Å²) in [5.41, 5.74) is 5.68. The third-order valence-electron chi connectivity index (χ3n) is 4.22. The van der Waals surface area contributed by atoms with Crippen LogP contribution in [-0.4, -0.2) is 38.9 Å². The molecular weight excluding hydrogens is 250 g/mol. The summed E-state index contributed by atoms with van der Waals surface area (Å²) < 4.78 is 28.6. The Kier molecular flexibility index (Phi) is 6.04. The number of nitrogens with one attached hydrogen (secondary N) is 1. The number of rotatable bonds is 7. The SMILES string of the molecule is CCC(CC)(CN)CNS(=O)(=O)N1CCCCC1. The van der Waals surface area contributed by atoms with Gasteiger partial charge in [-0.2, -0.15) is 12.7 Å². The van der Waals surface area contributed by atoms with Crippen LogP contribution in [0.5, 0.6) is 0 Å². The molecule has 1 rings (SSSR count). The molecule has 1 fully saturated rings. The minimum atomic E-state index is -3.32. The molecule has 108 valence electrons. The summed E-state index contributed by atoms with van der Waals surface area (Å²) >= 11 is 0. The van der Waals surface area contributed by atoms with Crippen LogP contribution in [0.25, 0.3) is 0 Å². The predicted molar refractivity (Wildman–Crippen MR) is 74.4 cm³/mol. The normalized spacial score (nSPS) is 19.1. The van der Waals surface area contributed by atoms with Crippen molar-refractivity contribution < 1.29 is 8.42 Å². The Hall–Kier alpha value is -0.170. The topological polar surface area (TPSA) is 75.4 Å². The van der Waals surface area contributed by atoms with Crippen LogP contribution in [0, 0.1) is 5.41 Å². The molecule has 0 spiro atoms. The number of nitrogens with zero attached hydrogens (tertiary/aromatic N) is 1. The van der Waals surface area contributed by atoms with Crippen molar-refractivity contribution in [3.8, 4) is 0 Å². The Balaban J connectivity index is 2.59. The molecule has 0 saturated carbocycles. The van der Waals surface area contributed by atoms with Crippen molar-refractivity contribution in [1.82, 2.24) is 9.03 Å². The number of hydrogen-bond donors (Lipinski definition) is 2. The monoisotopic (exact) mass is 277 g/mol. The van der Waals surface area contributed by atoms with E-state index in [1.807, 2.05) is 0 Å². The van der Waals surface area contributed by atoms with E-state index in [2.05, 4.69) is 18.6 Å². The second-order valence-electron chi connectivity index (χ2n) is 5.20. The van der Waals surface area contributed by atoms with Gasteiger partial charge in [-0.1, -0.05) is 20.3 Å². The van der Waals surface area contributed by atoms with Gasteiger partial charge in [-0.3, -0.25) is 0 Å². The van der Waals surface area contributed by atoms with Gasteiger partial charge in [-0.15, -0.1) is 0 Å². The van der Waals surface area contributed by atoms with E-state index in [0.717, 1.165) is 32.1 Å². The van der Waals surface area contributed by atoms with Gasteiger partial charge in [0.2, 0.25) is 0 Å². The van der Waals surface area contributed by atoms with Crippen molar-refractivity contribution in [2.45, 2.75) is 46.0 Å². The average Bonchev–Trinajstić information content (AvgIpc) is 2.42. The molecular formula is C12H27N3O2S. The Morgan fingerprint density at radius 3 is 2.17 bits per heavy atom. The van der Waals surface area contributed by atoms with Crippen LogP contribution in [0.1, 0.15) is 46.0 Å². The van der Waals surface area contributed by atoms with E-state index in [1.165, 1.54) is 0 Å². The van der Waals surface area contributed by atoms with Gasteiger partial charge >= 0.3 is 0 Å². The van der Waals surface area contributed by atoms with Crippen LogP contribution in [0.3, 0.4) is 0 Å². The molecule has 0 bridgehead atoms. The van der Waals surface area contributed by atoms with Gasteiger partial charge < -0.3 is 5.73 Å². The molecule has 0 aliphatic carbocycles. The van der Waals surface area contributed by atoms with Gasteiger partial charge in [0, 0.05) is 19.6 Å². The minimum absolute atomic E-state index is 0.108. The third-order valence-corrected chi connectivity index (χ3v) is 5.77. The average molecular weight is 277 g/mol. The quantitative estimate of drug-likeness (QED) is 0.731. The first-order chi connectivity index (χ1) is 8.49. The van der Waals surface area contributed by atoms with Gasteiger partial charge in [0.05, 0.1) is 0 Å². The van der Waals surface area contributed by atoms with E-state index in [4.69, 9.17) is 5.73 Å². The van der Waals surface area contributed by atoms with Crippen LogP contribution in [0.15, 0.2) is 0 Å². The lowest BCUT2D eigenvalue weighted by molar-refractivity contribution is 0.268. The summed E-state index contributed by atoms with van der Waals surface area (Å²) in [6.07, 6.45) is 4.84. The first-order valence-corrected chi connectivity index (χ1v) is 8.38. The molecule has 1 aliphatic rings. The second kappa shape index (κ2) is 6.84. The molecule has 0 amide bonds. The molecule has 0 aromatic rings. The maximum Gasteiger partial charge on any atom is 0.279 e. The first kappa shape index (κ1) is 15.9. The highest BCUT2D eigenvalue weighted by Crippen LogP contribution is 2.24. The Morgan fingerprint density at radius 1 is 1.17 bits per heavy atom. The van der Waals surface area contributed by atoms with E-state index >= 15 is 0 Å². The summed E-state index contributed by atoms with van der Waals surface area (Å²) in [6, 6.07) is 0. The fourth-order valence-electron chi connectivity index (χ4n) is 2.30. The molecule has 6 heteroatoms. The van der Waals surface area contributed by atoms with Crippen LogP contribution < -0.4 is 10.5 Å². The highest BCUT2D eigenvalue weighted by molar-refractivity contribution is 7.87. The van der Waals surface area contributed by atoms with Crippen molar-refractivity contribution in [1.29, 1.82) is 0 Å². The van der Waals surface area contributed by atoms with Crippen molar-refractivity contribution in [2.24, 2.45) is 11.1 Å². The maximum atomic E-state index is 12.2. The zero-order chi connectivity index (χ0) is 13.6. The van der Waals surface area contributed by atoms with Crippen LogP contribution >= 0.6 is 0 Å². The minimum Gasteiger partial charge on any atom is -0.330 e. The van der Waals surface area contributed by atoms with Gasteiger partial charge in [0.25, 0.3) is 10.2 Å². The van der Waals surface area contributed by atoms with Gasteiger partial charge in [-0.25, -0.2) is 4.72 Å². The fraction of sp³-hybridized carbons (Fsp3) is 1.00. The molecule has 0 aromatic heterocycles. The van der Waals surface area contributed by atoms with Crippen LogP contribution in [0.4, 0.5) is 0 Å². The lowest BCUT2D eigenvalue weighted by atomic mass is 9.83. The lowest BCUT2D eigenvalue weighted by Crippen LogP contribution is -2.48. The van der Waals surface area contributed by atoms with E-state index in [0.29, 0.717) is 26.2 Å². The smallest absolute Gasteiger partial charge is 0.279 e. The molecule has 0 radical (unpaired) electrons. The first-order valence-electron chi connectivity index (χ1n) is 6.94. The third kappa shape index (κ3) is 3.91. The zero-order valence-electron chi connectivity index (χ0n) is 11.6. The van der Waals surface area contributed by atoms with Crippen LogP contribution in [0.2, 0.25) is 0 Å². The standard InChI is InChI=1S/C12H27N3O2S/c1-3-12(4-2,10-13)11-14-18(16,17)15-8-6-5-7-9-15/h14H,3-11,13H2,1-2H3. The van der Waals surface area contributed by atoms with Crippen molar-refractivity contribution >= 4 is 10.2 Å². The van der Waals surface area contributed by atoms with E-state index < -0.39 is 10.2 Å². The largest absolute Gasteiger partial charge is 0.330 e. The fourth-order valence-corrected chi connectivity index (χ4v) is 3.71. The Morgan fingerprint density at radius 2 is 1.72 bits per heavy atom. The number of hydrogen-bond acceptors (Lipinski definition) is 3. The highest BCUT2D eigenvalue weighted by atomic mass is 32.2. The molecule has 0 aromatic carbocycles. The maximum absolute atomic E-state index is 12.2. The Labute approximate surface area is 111 Å².